The third kappa shape index (κ3) is 2.47. The first-order valence-corrected chi connectivity index (χ1v) is 4.97. The number of anilines is 2. The Balaban J connectivity index is 1.90. The third-order valence-corrected chi connectivity index (χ3v) is 2.10. The predicted molar refractivity (Wildman–Crippen MR) is 59.9 cm³/mol. The Kier molecular flexibility index (Phi) is 3.00. The second-order valence-electron chi connectivity index (χ2n) is 3.47. The molecule has 2 heterocycles. The second kappa shape index (κ2) is 4.61. The number of hydrogen-bond donors (Lipinski definition) is 2. The summed E-state index contributed by atoms with van der Waals surface area (Å²) in [7, 11) is 0. The van der Waals surface area contributed by atoms with E-state index in [0.29, 0.717) is 30.3 Å². The van der Waals surface area contributed by atoms with Gasteiger partial charge in [-0.15, -0.1) is 0 Å². The molecule has 0 fully saturated rings. The van der Waals surface area contributed by atoms with Gasteiger partial charge >= 0.3 is 0 Å². The van der Waals surface area contributed by atoms with E-state index in [1.165, 1.54) is 6.39 Å². The van der Waals surface area contributed by atoms with Crippen LogP contribution in [0.25, 0.3) is 0 Å². The summed E-state index contributed by atoms with van der Waals surface area (Å²) < 4.78 is 4.63. The Morgan fingerprint density at radius 3 is 3.00 bits per heavy atom. The molecule has 0 unspecified atom stereocenters. The maximum atomic E-state index is 5.81. The molecule has 0 spiro atoms. The summed E-state index contributed by atoms with van der Waals surface area (Å²) in [6.45, 7) is 2.62. The van der Waals surface area contributed by atoms with Crippen molar-refractivity contribution >= 4 is 11.5 Å². The minimum Gasteiger partial charge on any atom is -0.396 e. The smallest absolute Gasteiger partial charge is 0.213 e. The van der Waals surface area contributed by atoms with E-state index in [1.807, 2.05) is 13.0 Å². The summed E-state index contributed by atoms with van der Waals surface area (Å²) in [4.78, 5) is 8.11. The average molecular weight is 219 g/mol. The van der Waals surface area contributed by atoms with Gasteiger partial charge in [-0.3, -0.25) is 0 Å². The number of aryl methyl sites for hydroxylation is 1. The molecule has 2 rings (SSSR count). The van der Waals surface area contributed by atoms with Gasteiger partial charge < -0.3 is 15.6 Å². The fraction of sp³-hybridized carbons (Fsp3) is 0.300. The second-order valence-corrected chi connectivity index (χ2v) is 3.47. The van der Waals surface area contributed by atoms with Crippen LogP contribution in [0.4, 0.5) is 11.5 Å². The molecule has 0 radical (unpaired) electrons. The lowest BCUT2D eigenvalue weighted by Crippen LogP contribution is -2.09. The molecule has 0 saturated carbocycles. The predicted octanol–water partition coefficient (Wildman–Crippen LogP) is 1.01. The quantitative estimate of drug-likeness (QED) is 0.797. The van der Waals surface area contributed by atoms with Gasteiger partial charge in [0.1, 0.15) is 5.82 Å². The fourth-order valence-corrected chi connectivity index (χ4v) is 1.33. The van der Waals surface area contributed by atoms with Crippen molar-refractivity contribution < 1.29 is 4.52 Å². The Morgan fingerprint density at radius 1 is 1.44 bits per heavy atom. The van der Waals surface area contributed by atoms with Crippen LogP contribution in [0.2, 0.25) is 0 Å². The minimum absolute atomic E-state index is 0.646. The van der Waals surface area contributed by atoms with Crippen molar-refractivity contribution in [2.75, 3.05) is 17.6 Å². The molecule has 0 atom stereocenters. The van der Waals surface area contributed by atoms with Gasteiger partial charge in [0.2, 0.25) is 6.39 Å². The topological polar surface area (TPSA) is 89.9 Å². The van der Waals surface area contributed by atoms with Crippen LogP contribution in [-0.4, -0.2) is 21.7 Å². The summed E-state index contributed by atoms with van der Waals surface area (Å²) in [6, 6.07) is 1.88. The molecule has 0 bridgehead atoms. The molecule has 0 aliphatic carbocycles. The normalized spacial score (nSPS) is 10.3. The molecule has 2 aromatic heterocycles. The Morgan fingerprint density at radius 2 is 2.31 bits per heavy atom. The van der Waals surface area contributed by atoms with Crippen molar-refractivity contribution in [1.29, 1.82) is 0 Å². The molecule has 6 heteroatoms. The third-order valence-electron chi connectivity index (χ3n) is 2.10. The fourth-order valence-electron chi connectivity index (χ4n) is 1.33. The van der Waals surface area contributed by atoms with Crippen molar-refractivity contribution in [2.45, 2.75) is 13.3 Å². The summed E-state index contributed by atoms with van der Waals surface area (Å²) in [6.07, 6.45) is 3.76. The number of aromatic nitrogens is 3. The van der Waals surface area contributed by atoms with Gasteiger partial charge in [-0.05, 0) is 18.6 Å². The average Bonchev–Trinajstić information content (AvgIpc) is 2.74. The molecule has 2 aromatic rings. The van der Waals surface area contributed by atoms with E-state index in [1.54, 1.807) is 6.20 Å². The van der Waals surface area contributed by atoms with E-state index in [0.717, 1.165) is 5.56 Å². The summed E-state index contributed by atoms with van der Waals surface area (Å²) in [5, 5.41) is 6.83. The molecule has 0 aliphatic rings. The van der Waals surface area contributed by atoms with E-state index < -0.39 is 0 Å². The number of hydrogen-bond acceptors (Lipinski definition) is 6. The first-order valence-electron chi connectivity index (χ1n) is 4.97. The van der Waals surface area contributed by atoms with Crippen LogP contribution in [0, 0.1) is 6.92 Å². The van der Waals surface area contributed by atoms with Gasteiger partial charge in [-0.1, -0.05) is 5.16 Å². The molecular formula is C10H13N5O. The Hall–Kier alpha value is -2.11. The molecule has 0 saturated heterocycles. The van der Waals surface area contributed by atoms with Crippen molar-refractivity contribution in [3.63, 3.8) is 0 Å². The van der Waals surface area contributed by atoms with E-state index in [4.69, 9.17) is 5.73 Å². The summed E-state index contributed by atoms with van der Waals surface area (Å²) >= 11 is 0. The maximum absolute atomic E-state index is 5.81. The van der Waals surface area contributed by atoms with Gasteiger partial charge in [0, 0.05) is 19.2 Å². The Labute approximate surface area is 92.9 Å². The molecular weight excluding hydrogens is 206 g/mol. The van der Waals surface area contributed by atoms with Crippen molar-refractivity contribution in [2.24, 2.45) is 0 Å². The largest absolute Gasteiger partial charge is 0.396 e. The standard InChI is InChI=1S/C10H13N5O/c1-7-4-8(11)10(13-5-7)12-3-2-9-14-6-16-15-9/h4-6H,2-3,11H2,1H3,(H,12,13). The van der Waals surface area contributed by atoms with Gasteiger partial charge in [-0.2, -0.15) is 4.98 Å². The lowest BCUT2D eigenvalue weighted by Gasteiger charge is -2.07. The van der Waals surface area contributed by atoms with E-state index >= 15 is 0 Å². The number of pyridine rings is 1. The molecule has 6 nitrogen and oxygen atoms in total. The highest BCUT2D eigenvalue weighted by Crippen LogP contribution is 2.15. The molecule has 0 aromatic carbocycles. The Bertz CT molecular complexity index is 454. The zero-order valence-electron chi connectivity index (χ0n) is 8.97. The highest BCUT2D eigenvalue weighted by Gasteiger charge is 2.02. The van der Waals surface area contributed by atoms with E-state index in [2.05, 4.69) is 25.0 Å². The number of nitrogens with one attached hydrogen (secondary N) is 1. The van der Waals surface area contributed by atoms with E-state index in [9.17, 15) is 0 Å². The lowest BCUT2D eigenvalue weighted by atomic mass is 10.3. The van der Waals surface area contributed by atoms with E-state index in [-0.39, 0.29) is 0 Å². The van der Waals surface area contributed by atoms with Crippen LogP contribution < -0.4 is 11.1 Å². The first kappa shape index (κ1) is 10.4. The van der Waals surface area contributed by atoms with Crippen LogP contribution in [0.1, 0.15) is 11.4 Å². The van der Waals surface area contributed by atoms with Crippen molar-refractivity contribution in [1.82, 2.24) is 15.1 Å². The van der Waals surface area contributed by atoms with Gasteiger partial charge in [-0.25, -0.2) is 4.98 Å². The number of rotatable bonds is 4. The zero-order chi connectivity index (χ0) is 11.4. The molecule has 16 heavy (non-hydrogen) atoms. The summed E-state index contributed by atoms with van der Waals surface area (Å²) in [5.74, 6) is 1.35. The lowest BCUT2D eigenvalue weighted by molar-refractivity contribution is 0.410. The van der Waals surface area contributed by atoms with Crippen molar-refractivity contribution in [3.8, 4) is 0 Å². The molecule has 0 amide bonds. The number of nitrogens with two attached hydrogens (primary N) is 1. The van der Waals surface area contributed by atoms with Gasteiger partial charge in [0.15, 0.2) is 5.82 Å². The van der Waals surface area contributed by atoms with Crippen LogP contribution in [-0.2, 0) is 6.42 Å². The van der Waals surface area contributed by atoms with Crippen molar-refractivity contribution in [3.05, 3.63) is 30.0 Å². The minimum atomic E-state index is 0.646. The van der Waals surface area contributed by atoms with Crippen LogP contribution in [0.5, 0.6) is 0 Å². The zero-order valence-corrected chi connectivity index (χ0v) is 8.97. The number of nitrogens with zero attached hydrogens (tertiary/aromatic N) is 3. The SMILES string of the molecule is Cc1cnc(NCCc2ncon2)c(N)c1. The first-order chi connectivity index (χ1) is 7.75. The van der Waals surface area contributed by atoms with Crippen LogP contribution >= 0.6 is 0 Å². The van der Waals surface area contributed by atoms with Crippen LogP contribution in [0.3, 0.4) is 0 Å². The van der Waals surface area contributed by atoms with Gasteiger partial charge in [0.05, 0.1) is 5.69 Å². The molecule has 84 valence electrons. The monoisotopic (exact) mass is 219 g/mol. The summed E-state index contributed by atoms with van der Waals surface area (Å²) in [5.41, 5.74) is 7.50. The molecule has 3 N–H and O–H groups in total. The molecule has 0 aliphatic heterocycles. The highest BCUT2D eigenvalue weighted by atomic mass is 16.5. The maximum Gasteiger partial charge on any atom is 0.213 e. The highest BCUT2D eigenvalue weighted by molar-refractivity contribution is 5.61. The number of nitrogen functional groups attached to an aromatic ring is 1. The van der Waals surface area contributed by atoms with Crippen LogP contribution in [0.15, 0.2) is 23.2 Å². The van der Waals surface area contributed by atoms with Gasteiger partial charge in [0.25, 0.3) is 0 Å².